The number of ether oxygens (including phenoxy) is 3. The highest BCUT2D eigenvalue weighted by Gasteiger charge is 2.18. The van der Waals surface area contributed by atoms with E-state index in [4.69, 9.17) is 14.2 Å². The van der Waals surface area contributed by atoms with E-state index in [1.165, 1.54) is 0 Å². The number of hydrogen-bond donors (Lipinski definition) is 1. The molecule has 0 radical (unpaired) electrons. The van der Waals surface area contributed by atoms with Gasteiger partial charge in [-0.2, -0.15) is 0 Å². The number of aryl methyl sites for hydroxylation is 2. The predicted octanol–water partition coefficient (Wildman–Crippen LogP) is 4.79. The van der Waals surface area contributed by atoms with Crippen molar-refractivity contribution in [2.45, 2.75) is 33.4 Å². The zero-order valence-corrected chi connectivity index (χ0v) is 18.6. The Labute approximate surface area is 183 Å². The number of carbonyl (C=O) groups is 1. The largest absolute Gasteiger partial charge is 0.497 e. The molecule has 0 spiro atoms. The van der Waals surface area contributed by atoms with Crippen molar-refractivity contribution in [1.29, 1.82) is 0 Å². The van der Waals surface area contributed by atoms with Crippen LogP contribution in [0.1, 0.15) is 45.6 Å². The molecule has 0 aliphatic rings. The molecule has 31 heavy (non-hydrogen) atoms. The molecule has 0 bridgehead atoms. The number of benzene rings is 2. The van der Waals surface area contributed by atoms with Gasteiger partial charge in [0.2, 0.25) is 0 Å². The summed E-state index contributed by atoms with van der Waals surface area (Å²) in [6.07, 6.45) is 3.51. The van der Waals surface area contributed by atoms with Crippen molar-refractivity contribution in [2.24, 2.45) is 0 Å². The van der Waals surface area contributed by atoms with Gasteiger partial charge in [-0.25, -0.2) is 0 Å². The summed E-state index contributed by atoms with van der Waals surface area (Å²) in [4.78, 5) is 17.1. The second-order valence-electron chi connectivity index (χ2n) is 7.39. The summed E-state index contributed by atoms with van der Waals surface area (Å²) in [5.74, 6) is 2.02. The normalized spacial score (nSPS) is 11.5. The number of pyridine rings is 1. The lowest BCUT2D eigenvalue weighted by molar-refractivity contribution is 0.0939. The fraction of sp³-hybridized carbons (Fsp3) is 0.280. The van der Waals surface area contributed by atoms with Crippen molar-refractivity contribution in [1.82, 2.24) is 10.3 Å². The molecule has 1 atom stereocenters. The van der Waals surface area contributed by atoms with E-state index in [1.54, 1.807) is 26.6 Å². The Hall–Kier alpha value is -3.54. The summed E-state index contributed by atoms with van der Waals surface area (Å²) in [6, 6.07) is 12.8. The van der Waals surface area contributed by atoms with Crippen LogP contribution in [0.25, 0.3) is 0 Å². The van der Waals surface area contributed by atoms with Crippen molar-refractivity contribution in [3.63, 3.8) is 0 Å². The molecule has 2 aromatic carbocycles. The van der Waals surface area contributed by atoms with E-state index in [1.807, 2.05) is 63.2 Å². The van der Waals surface area contributed by atoms with Gasteiger partial charge in [0, 0.05) is 29.1 Å². The SMILES string of the molecule is COc1ccc(OC)c(C(C)NC(=O)c2cc(C)c(OCc3cccnc3)c(C)c2)c1. The maximum atomic E-state index is 12.9. The van der Waals surface area contributed by atoms with E-state index >= 15 is 0 Å². The first-order valence-corrected chi connectivity index (χ1v) is 10.1. The smallest absolute Gasteiger partial charge is 0.251 e. The van der Waals surface area contributed by atoms with Gasteiger partial charge < -0.3 is 19.5 Å². The molecule has 6 heteroatoms. The number of methoxy groups -OCH3 is 2. The van der Waals surface area contributed by atoms with E-state index in [-0.39, 0.29) is 11.9 Å². The second-order valence-corrected chi connectivity index (χ2v) is 7.39. The third-order valence-corrected chi connectivity index (χ3v) is 5.08. The fourth-order valence-electron chi connectivity index (χ4n) is 3.48. The first kappa shape index (κ1) is 22.2. The van der Waals surface area contributed by atoms with Crippen LogP contribution in [0.3, 0.4) is 0 Å². The molecule has 1 amide bonds. The Morgan fingerprint density at radius 2 is 1.81 bits per heavy atom. The molecule has 0 aliphatic carbocycles. The zero-order valence-electron chi connectivity index (χ0n) is 18.6. The molecule has 3 rings (SSSR count). The molecule has 0 saturated carbocycles. The number of nitrogens with one attached hydrogen (secondary N) is 1. The fourth-order valence-corrected chi connectivity index (χ4v) is 3.48. The molecule has 1 N–H and O–H groups in total. The molecule has 6 nitrogen and oxygen atoms in total. The number of rotatable bonds is 8. The van der Waals surface area contributed by atoms with Gasteiger partial charge in [0.1, 0.15) is 23.9 Å². The highest BCUT2D eigenvalue weighted by atomic mass is 16.5. The summed E-state index contributed by atoms with van der Waals surface area (Å²) in [6.45, 7) is 6.22. The van der Waals surface area contributed by atoms with Gasteiger partial charge in [0.25, 0.3) is 5.91 Å². The summed E-state index contributed by atoms with van der Waals surface area (Å²) in [5, 5.41) is 3.05. The van der Waals surface area contributed by atoms with Crippen molar-refractivity contribution < 1.29 is 19.0 Å². The minimum Gasteiger partial charge on any atom is -0.497 e. The van der Waals surface area contributed by atoms with Gasteiger partial charge in [-0.3, -0.25) is 9.78 Å². The Balaban J connectivity index is 1.75. The standard InChI is InChI=1S/C25H28N2O4/c1-16-11-20(12-17(2)24(16)31-15-19-7-6-10-26-14-19)25(28)27-18(3)22-13-21(29-4)8-9-23(22)30-5/h6-14,18H,15H2,1-5H3,(H,27,28). The lowest BCUT2D eigenvalue weighted by Crippen LogP contribution is -2.27. The molecule has 1 aromatic heterocycles. The van der Waals surface area contributed by atoms with Crippen LogP contribution in [0.15, 0.2) is 54.9 Å². The molecule has 3 aromatic rings. The van der Waals surface area contributed by atoms with Crippen LogP contribution in [-0.4, -0.2) is 25.1 Å². The average molecular weight is 421 g/mol. The number of amides is 1. The van der Waals surface area contributed by atoms with Gasteiger partial charge in [-0.05, 0) is 68.3 Å². The number of hydrogen-bond acceptors (Lipinski definition) is 5. The summed E-state index contributed by atoms with van der Waals surface area (Å²) in [7, 11) is 3.22. The highest BCUT2D eigenvalue weighted by molar-refractivity contribution is 5.95. The van der Waals surface area contributed by atoms with E-state index in [0.717, 1.165) is 28.0 Å². The van der Waals surface area contributed by atoms with E-state index in [9.17, 15) is 4.79 Å². The monoisotopic (exact) mass is 420 g/mol. The maximum Gasteiger partial charge on any atom is 0.251 e. The van der Waals surface area contributed by atoms with Gasteiger partial charge in [0.05, 0.1) is 20.3 Å². The van der Waals surface area contributed by atoms with E-state index < -0.39 is 0 Å². The molecular weight excluding hydrogens is 392 g/mol. The van der Waals surface area contributed by atoms with Crippen molar-refractivity contribution >= 4 is 5.91 Å². The Bertz CT molecular complexity index is 1030. The first-order valence-electron chi connectivity index (χ1n) is 10.1. The molecule has 1 heterocycles. The van der Waals surface area contributed by atoms with Crippen LogP contribution in [-0.2, 0) is 6.61 Å². The van der Waals surface area contributed by atoms with Crippen LogP contribution in [0.4, 0.5) is 0 Å². The lowest BCUT2D eigenvalue weighted by atomic mass is 10.0. The minimum absolute atomic E-state index is 0.164. The van der Waals surface area contributed by atoms with Crippen LogP contribution >= 0.6 is 0 Å². The highest BCUT2D eigenvalue weighted by Crippen LogP contribution is 2.30. The van der Waals surface area contributed by atoms with E-state index in [2.05, 4.69) is 10.3 Å². The summed E-state index contributed by atoms with van der Waals surface area (Å²) >= 11 is 0. The molecule has 0 fully saturated rings. The predicted molar refractivity (Wildman–Crippen MR) is 120 cm³/mol. The van der Waals surface area contributed by atoms with Crippen LogP contribution in [0.2, 0.25) is 0 Å². The van der Waals surface area contributed by atoms with Gasteiger partial charge in [-0.15, -0.1) is 0 Å². The molecule has 0 aliphatic heterocycles. The first-order chi connectivity index (χ1) is 14.9. The molecule has 1 unspecified atom stereocenters. The maximum absolute atomic E-state index is 12.9. The van der Waals surface area contributed by atoms with Crippen LogP contribution in [0, 0.1) is 13.8 Å². The average Bonchev–Trinajstić information content (AvgIpc) is 2.78. The third-order valence-electron chi connectivity index (χ3n) is 5.08. The van der Waals surface area contributed by atoms with Gasteiger partial charge in [0.15, 0.2) is 0 Å². The molecule has 162 valence electrons. The zero-order chi connectivity index (χ0) is 22.4. The van der Waals surface area contributed by atoms with Crippen molar-refractivity contribution in [3.8, 4) is 17.2 Å². The minimum atomic E-state index is -0.264. The van der Waals surface area contributed by atoms with Gasteiger partial charge in [-0.1, -0.05) is 6.07 Å². The molecule has 0 saturated heterocycles. The quantitative estimate of drug-likeness (QED) is 0.568. The Morgan fingerprint density at radius 3 is 2.42 bits per heavy atom. The summed E-state index contributed by atoms with van der Waals surface area (Å²) < 4.78 is 16.7. The lowest BCUT2D eigenvalue weighted by Gasteiger charge is -2.19. The Kier molecular flexibility index (Phi) is 7.13. The van der Waals surface area contributed by atoms with Crippen LogP contribution < -0.4 is 19.5 Å². The van der Waals surface area contributed by atoms with Crippen molar-refractivity contribution in [3.05, 3.63) is 82.7 Å². The molecular formula is C25H28N2O4. The van der Waals surface area contributed by atoms with Crippen molar-refractivity contribution in [2.75, 3.05) is 14.2 Å². The Morgan fingerprint density at radius 1 is 1.06 bits per heavy atom. The van der Waals surface area contributed by atoms with Crippen LogP contribution in [0.5, 0.6) is 17.2 Å². The number of aromatic nitrogens is 1. The second kappa shape index (κ2) is 9.98. The third kappa shape index (κ3) is 5.34. The number of carbonyl (C=O) groups excluding carboxylic acids is 1. The number of nitrogens with zero attached hydrogens (tertiary/aromatic N) is 1. The summed E-state index contributed by atoms with van der Waals surface area (Å²) in [5.41, 5.74) is 4.22. The topological polar surface area (TPSA) is 69.7 Å². The van der Waals surface area contributed by atoms with E-state index in [0.29, 0.717) is 23.7 Å². The van der Waals surface area contributed by atoms with Gasteiger partial charge >= 0.3 is 0 Å².